The van der Waals surface area contributed by atoms with Gasteiger partial charge in [-0.1, -0.05) is 0 Å². The number of carbonyl (C=O) groups is 2. The monoisotopic (exact) mass is 281 g/mol. The number of carbonyl (C=O) groups excluding carboxylic acids is 1. The van der Waals surface area contributed by atoms with E-state index < -0.39 is 24.5 Å². The van der Waals surface area contributed by atoms with Crippen LogP contribution in [-0.2, 0) is 16.1 Å². The molecule has 1 unspecified atom stereocenters. The van der Waals surface area contributed by atoms with Gasteiger partial charge in [0.2, 0.25) is 11.7 Å². The van der Waals surface area contributed by atoms with Crippen LogP contribution in [0.1, 0.15) is 0 Å². The third-order valence-electron chi connectivity index (χ3n) is 2.30. The smallest absolute Gasteiger partial charge is 0.328 e. The predicted molar refractivity (Wildman–Crippen MR) is 62.2 cm³/mol. The van der Waals surface area contributed by atoms with Gasteiger partial charge in [0, 0.05) is 0 Å². The van der Waals surface area contributed by atoms with Crippen molar-refractivity contribution < 1.29 is 24.2 Å². The van der Waals surface area contributed by atoms with Crippen molar-refractivity contribution in [3.8, 4) is 11.6 Å². The van der Waals surface area contributed by atoms with Crippen LogP contribution in [0.2, 0.25) is 0 Å². The van der Waals surface area contributed by atoms with E-state index in [0.29, 0.717) is 5.76 Å². The molecule has 0 aliphatic carbocycles. The molecule has 0 bridgehead atoms. The Morgan fingerprint density at radius 3 is 2.90 bits per heavy atom. The normalized spacial score (nSPS) is 12.1. The van der Waals surface area contributed by atoms with Crippen molar-refractivity contribution in [3.63, 3.8) is 0 Å². The summed E-state index contributed by atoms with van der Waals surface area (Å²) in [5, 5.41) is 30.8. The number of hydrogen-bond donors (Lipinski definition) is 3. The summed E-state index contributed by atoms with van der Waals surface area (Å²) in [4.78, 5) is 23.2. The number of aromatic nitrogens is 4. The van der Waals surface area contributed by atoms with Crippen molar-refractivity contribution in [2.24, 2.45) is 0 Å². The van der Waals surface area contributed by atoms with Gasteiger partial charge in [-0.15, -0.1) is 10.2 Å². The first-order valence-corrected chi connectivity index (χ1v) is 5.55. The van der Waals surface area contributed by atoms with Crippen LogP contribution in [0.5, 0.6) is 0 Å². The molecule has 2 aromatic rings. The first-order chi connectivity index (χ1) is 9.60. The predicted octanol–water partition coefficient (Wildman–Crippen LogP) is -1.51. The summed E-state index contributed by atoms with van der Waals surface area (Å²) in [6, 6.07) is 1.92. The topological polar surface area (TPSA) is 143 Å². The number of furan rings is 1. The zero-order valence-corrected chi connectivity index (χ0v) is 10.1. The molecule has 10 heteroatoms. The molecule has 0 radical (unpaired) electrons. The Kier molecular flexibility index (Phi) is 4.05. The van der Waals surface area contributed by atoms with Crippen LogP contribution < -0.4 is 5.32 Å². The van der Waals surface area contributed by atoms with Gasteiger partial charge in [0.15, 0.2) is 5.76 Å². The third-order valence-corrected chi connectivity index (χ3v) is 2.30. The summed E-state index contributed by atoms with van der Waals surface area (Å²) in [6.45, 7) is -1.03. The van der Waals surface area contributed by atoms with Gasteiger partial charge in [-0.2, -0.15) is 4.80 Å². The van der Waals surface area contributed by atoms with Crippen LogP contribution in [-0.4, -0.2) is 54.9 Å². The number of nitrogens with one attached hydrogen (secondary N) is 1. The fourth-order valence-electron chi connectivity index (χ4n) is 1.37. The highest BCUT2D eigenvalue weighted by Gasteiger charge is 2.19. The lowest BCUT2D eigenvalue weighted by Crippen LogP contribution is -2.44. The van der Waals surface area contributed by atoms with Gasteiger partial charge in [-0.05, 0) is 17.3 Å². The van der Waals surface area contributed by atoms with E-state index in [9.17, 15) is 9.59 Å². The average Bonchev–Trinajstić information content (AvgIpc) is 3.05. The molecule has 3 N–H and O–H groups in total. The minimum absolute atomic E-state index is 0.208. The lowest BCUT2D eigenvalue weighted by atomic mass is 10.3. The highest BCUT2D eigenvalue weighted by atomic mass is 16.4. The molecule has 0 fully saturated rings. The van der Waals surface area contributed by atoms with E-state index >= 15 is 0 Å². The second kappa shape index (κ2) is 5.93. The molecule has 0 aromatic carbocycles. The second-order valence-electron chi connectivity index (χ2n) is 3.76. The van der Waals surface area contributed by atoms with Gasteiger partial charge in [0.25, 0.3) is 0 Å². The Morgan fingerprint density at radius 2 is 2.30 bits per heavy atom. The molecular weight excluding hydrogens is 270 g/mol. The molecule has 0 aliphatic heterocycles. The molecule has 2 rings (SSSR count). The summed E-state index contributed by atoms with van der Waals surface area (Å²) in [6.07, 6.45) is 1.45. The fraction of sp³-hybridized carbons (Fsp3) is 0.300. The maximum Gasteiger partial charge on any atom is 0.328 e. The first kappa shape index (κ1) is 13.7. The average molecular weight is 281 g/mol. The molecule has 0 aliphatic rings. The molecule has 20 heavy (non-hydrogen) atoms. The number of aliphatic hydroxyl groups excluding tert-OH is 1. The summed E-state index contributed by atoms with van der Waals surface area (Å²) in [5.41, 5.74) is 0. The molecule has 10 nitrogen and oxygen atoms in total. The summed E-state index contributed by atoms with van der Waals surface area (Å²) in [5.74, 6) is -1.38. The fourth-order valence-corrected chi connectivity index (χ4v) is 1.37. The van der Waals surface area contributed by atoms with Crippen molar-refractivity contribution in [2.45, 2.75) is 12.6 Å². The molecule has 2 heterocycles. The van der Waals surface area contributed by atoms with Crippen LogP contribution in [0.4, 0.5) is 0 Å². The SMILES string of the molecule is O=C(Cn1nnc(-c2ccco2)n1)NC(CO)C(=O)O. The Balaban J connectivity index is 1.97. The number of nitrogens with zero attached hydrogens (tertiary/aromatic N) is 4. The summed E-state index contributed by atoms with van der Waals surface area (Å²) in [7, 11) is 0. The lowest BCUT2D eigenvalue weighted by Gasteiger charge is -2.10. The number of tetrazole rings is 1. The number of amides is 1. The third kappa shape index (κ3) is 3.17. The Hall–Kier alpha value is -2.75. The van der Waals surface area contributed by atoms with E-state index in [4.69, 9.17) is 14.6 Å². The van der Waals surface area contributed by atoms with Crippen LogP contribution >= 0.6 is 0 Å². The zero-order chi connectivity index (χ0) is 14.5. The molecule has 0 saturated carbocycles. The van der Waals surface area contributed by atoms with Gasteiger partial charge < -0.3 is 19.9 Å². The van der Waals surface area contributed by atoms with Gasteiger partial charge in [0.1, 0.15) is 12.6 Å². The van der Waals surface area contributed by atoms with E-state index in [2.05, 4.69) is 20.7 Å². The number of carboxylic acids is 1. The van der Waals surface area contributed by atoms with Gasteiger partial charge in [0.05, 0.1) is 12.9 Å². The van der Waals surface area contributed by atoms with Crippen molar-refractivity contribution >= 4 is 11.9 Å². The largest absolute Gasteiger partial charge is 0.480 e. The molecule has 0 saturated heterocycles. The van der Waals surface area contributed by atoms with Crippen molar-refractivity contribution in [2.75, 3.05) is 6.61 Å². The Morgan fingerprint density at radius 1 is 1.50 bits per heavy atom. The van der Waals surface area contributed by atoms with Crippen molar-refractivity contribution in [3.05, 3.63) is 18.4 Å². The maximum atomic E-state index is 11.5. The van der Waals surface area contributed by atoms with Gasteiger partial charge in [-0.25, -0.2) is 4.79 Å². The van der Waals surface area contributed by atoms with Gasteiger partial charge in [-0.3, -0.25) is 4.79 Å². The van der Waals surface area contributed by atoms with E-state index in [0.717, 1.165) is 4.80 Å². The van der Waals surface area contributed by atoms with E-state index in [-0.39, 0.29) is 12.4 Å². The van der Waals surface area contributed by atoms with E-state index in [1.807, 2.05) is 0 Å². The quantitative estimate of drug-likeness (QED) is 0.580. The zero-order valence-electron chi connectivity index (χ0n) is 10.1. The number of aliphatic hydroxyl groups is 1. The highest BCUT2D eigenvalue weighted by Crippen LogP contribution is 2.12. The first-order valence-electron chi connectivity index (χ1n) is 5.55. The second-order valence-corrected chi connectivity index (χ2v) is 3.76. The van der Waals surface area contributed by atoms with Crippen molar-refractivity contribution in [1.82, 2.24) is 25.5 Å². The molecule has 2 aromatic heterocycles. The number of rotatable bonds is 6. The molecular formula is C10H11N5O5. The van der Waals surface area contributed by atoms with Gasteiger partial charge >= 0.3 is 5.97 Å². The maximum absolute atomic E-state index is 11.5. The standard InChI is InChI=1S/C10H11N5O5/c16-5-6(10(18)19)11-8(17)4-15-13-9(12-14-15)7-2-1-3-20-7/h1-3,6,16H,4-5H2,(H,11,17)(H,18,19). The van der Waals surface area contributed by atoms with Crippen LogP contribution in [0, 0.1) is 0 Å². The molecule has 1 atom stereocenters. The van der Waals surface area contributed by atoms with E-state index in [1.54, 1.807) is 12.1 Å². The van der Waals surface area contributed by atoms with E-state index in [1.165, 1.54) is 6.26 Å². The molecule has 106 valence electrons. The minimum Gasteiger partial charge on any atom is -0.480 e. The number of hydrogen-bond acceptors (Lipinski definition) is 7. The van der Waals surface area contributed by atoms with Crippen LogP contribution in [0.25, 0.3) is 11.6 Å². The number of carboxylic acid groups (broad SMARTS) is 1. The highest BCUT2D eigenvalue weighted by molar-refractivity contribution is 5.83. The molecule has 1 amide bonds. The molecule has 0 spiro atoms. The van der Waals surface area contributed by atoms with Crippen molar-refractivity contribution in [1.29, 1.82) is 0 Å². The lowest BCUT2D eigenvalue weighted by molar-refractivity contribution is -0.143. The van der Waals surface area contributed by atoms with Crippen LogP contribution in [0.15, 0.2) is 22.8 Å². The summed E-state index contributed by atoms with van der Waals surface area (Å²) < 4.78 is 5.06. The minimum atomic E-state index is -1.37. The Bertz CT molecular complexity index is 593. The van der Waals surface area contributed by atoms with Crippen LogP contribution in [0.3, 0.4) is 0 Å². The Labute approximate surface area is 112 Å². The number of aliphatic carboxylic acids is 1. The summed E-state index contributed by atoms with van der Waals surface area (Å²) >= 11 is 0.